The molecule has 1 aromatic rings. The van der Waals surface area contributed by atoms with Crippen LogP contribution in [0.1, 0.15) is 10.4 Å². The third kappa shape index (κ3) is 4.72. The van der Waals surface area contributed by atoms with Crippen LogP contribution in [0.2, 0.25) is 0 Å². The van der Waals surface area contributed by atoms with E-state index >= 15 is 0 Å². The van der Waals surface area contributed by atoms with Gasteiger partial charge in [-0.15, -0.1) is 0 Å². The Morgan fingerprint density at radius 3 is 1.85 bits per heavy atom. The van der Waals surface area contributed by atoms with Gasteiger partial charge in [0.15, 0.2) is 5.40 Å². The summed E-state index contributed by atoms with van der Waals surface area (Å²) in [4.78, 5) is 46.3. The van der Waals surface area contributed by atoms with Crippen molar-refractivity contribution in [2.75, 3.05) is 11.9 Å². The number of carboxylic acids is 1. The molecule has 0 aliphatic rings. The highest BCUT2D eigenvalue weighted by Gasteiger charge is 2.43. The SMILES string of the molecule is O=C(O)c1ccc(NCC(P(=O)(O)O)P(=O)(O)O)cc1. The van der Waals surface area contributed by atoms with E-state index in [4.69, 9.17) is 24.7 Å². The van der Waals surface area contributed by atoms with Crippen LogP contribution >= 0.6 is 15.2 Å². The largest absolute Gasteiger partial charge is 0.478 e. The number of rotatable bonds is 6. The molecule has 1 aromatic carbocycles. The van der Waals surface area contributed by atoms with E-state index in [1.54, 1.807) is 0 Å². The van der Waals surface area contributed by atoms with Gasteiger partial charge in [0, 0.05) is 12.2 Å². The molecule has 0 unspecified atom stereocenters. The first-order valence-corrected chi connectivity index (χ1v) is 8.56. The quantitative estimate of drug-likeness (QED) is 0.408. The summed E-state index contributed by atoms with van der Waals surface area (Å²) < 4.78 is 22.1. The summed E-state index contributed by atoms with van der Waals surface area (Å²) in [5.41, 5.74) is 0.291. The topological polar surface area (TPSA) is 164 Å². The summed E-state index contributed by atoms with van der Waals surface area (Å²) in [6, 6.07) is 5.13. The summed E-state index contributed by atoms with van der Waals surface area (Å²) in [5.74, 6) is -1.14. The molecule has 6 N–H and O–H groups in total. The Hall–Kier alpha value is -1.21. The molecule has 0 saturated heterocycles. The second-order valence-electron chi connectivity index (χ2n) is 3.92. The van der Waals surface area contributed by atoms with Crippen molar-refractivity contribution < 1.29 is 38.6 Å². The number of nitrogens with one attached hydrogen (secondary N) is 1. The van der Waals surface area contributed by atoms with Gasteiger partial charge in [0.05, 0.1) is 5.56 Å². The Balaban J connectivity index is 2.81. The zero-order valence-corrected chi connectivity index (χ0v) is 11.7. The van der Waals surface area contributed by atoms with Crippen LogP contribution in [0.3, 0.4) is 0 Å². The molecule has 0 amide bonds. The van der Waals surface area contributed by atoms with Crippen molar-refractivity contribution in [3.63, 3.8) is 0 Å². The Morgan fingerprint density at radius 1 is 1.05 bits per heavy atom. The fourth-order valence-corrected chi connectivity index (χ4v) is 3.60. The van der Waals surface area contributed by atoms with Crippen molar-refractivity contribution in [3.05, 3.63) is 29.8 Å². The van der Waals surface area contributed by atoms with Crippen molar-refractivity contribution >= 4 is 26.8 Å². The van der Waals surface area contributed by atoms with Crippen molar-refractivity contribution in [2.24, 2.45) is 0 Å². The van der Waals surface area contributed by atoms with Crippen molar-refractivity contribution in [1.82, 2.24) is 0 Å². The first-order chi connectivity index (χ1) is 9.01. The highest BCUT2D eigenvalue weighted by molar-refractivity contribution is 7.70. The lowest BCUT2D eigenvalue weighted by Crippen LogP contribution is -2.20. The number of hydrogen-bond acceptors (Lipinski definition) is 4. The number of carbonyl (C=O) groups is 1. The maximum atomic E-state index is 11.0. The van der Waals surface area contributed by atoms with E-state index in [-0.39, 0.29) is 11.3 Å². The fraction of sp³-hybridized carbons (Fsp3) is 0.222. The van der Waals surface area contributed by atoms with Crippen LogP contribution in [0, 0.1) is 0 Å². The number of hydrogen-bond donors (Lipinski definition) is 6. The van der Waals surface area contributed by atoms with Crippen molar-refractivity contribution in [2.45, 2.75) is 5.40 Å². The predicted octanol–water partition coefficient (Wildman–Crippen LogP) is 0.478. The maximum Gasteiger partial charge on any atom is 0.342 e. The van der Waals surface area contributed by atoms with Crippen molar-refractivity contribution in [3.8, 4) is 0 Å². The molecule has 0 spiro atoms. The van der Waals surface area contributed by atoms with Crippen LogP contribution in [0.5, 0.6) is 0 Å². The molecular formula is C9H13NO8P2. The monoisotopic (exact) mass is 325 g/mol. The molecule has 1 rings (SSSR count). The molecule has 0 bridgehead atoms. The molecule has 0 aliphatic carbocycles. The predicted molar refractivity (Wildman–Crippen MR) is 69.8 cm³/mol. The van der Waals surface area contributed by atoms with Gasteiger partial charge < -0.3 is 30.0 Å². The molecule has 0 fully saturated rings. The van der Waals surface area contributed by atoms with Crippen molar-refractivity contribution in [1.29, 1.82) is 0 Å². The number of carboxylic acid groups (broad SMARTS) is 1. The van der Waals surface area contributed by atoms with Crippen LogP contribution in [0.25, 0.3) is 0 Å². The Bertz CT molecular complexity index is 552. The van der Waals surface area contributed by atoms with Crippen LogP contribution in [0.15, 0.2) is 24.3 Å². The van der Waals surface area contributed by atoms with Gasteiger partial charge >= 0.3 is 21.2 Å². The number of anilines is 1. The highest BCUT2D eigenvalue weighted by Crippen LogP contribution is 2.59. The molecule has 0 radical (unpaired) electrons. The maximum absolute atomic E-state index is 11.0. The van der Waals surface area contributed by atoms with Crippen LogP contribution in [-0.2, 0) is 9.13 Å². The zero-order valence-electron chi connectivity index (χ0n) is 9.95. The van der Waals surface area contributed by atoms with Crippen LogP contribution in [-0.4, -0.2) is 42.6 Å². The van der Waals surface area contributed by atoms with E-state index < -0.39 is 33.1 Å². The van der Waals surface area contributed by atoms with Crippen LogP contribution in [0.4, 0.5) is 5.69 Å². The average Bonchev–Trinajstić information content (AvgIpc) is 2.26. The van der Waals surface area contributed by atoms with Gasteiger partial charge in [-0.1, -0.05) is 0 Å². The van der Waals surface area contributed by atoms with E-state index in [1.807, 2.05) is 0 Å². The molecule has 20 heavy (non-hydrogen) atoms. The molecule has 112 valence electrons. The van der Waals surface area contributed by atoms with Gasteiger partial charge in [-0.05, 0) is 24.3 Å². The van der Waals surface area contributed by atoms with Gasteiger partial charge in [0.25, 0.3) is 0 Å². The molecular weight excluding hydrogens is 312 g/mol. The zero-order chi connectivity index (χ0) is 15.6. The lowest BCUT2D eigenvalue weighted by Gasteiger charge is -2.20. The molecule has 9 nitrogen and oxygen atoms in total. The summed E-state index contributed by atoms with van der Waals surface area (Å²) in [5, 5.41) is 8.97. The summed E-state index contributed by atoms with van der Waals surface area (Å²) >= 11 is 0. The lowest BCUT2D eigenvalue weighted by molar-refractivity contribution is 0.0697. The molecule has 0 atom stereocenters. The third-order valence-electron chi connectivity index (χ3n) is 2.40. The summed E-state index contributed by atoms with van der Waals surface area (Å²) in [6.07, 6.45) is 0. The second kappa shape index (κ2) is 6.05. The molecule has 0 saturated carbocycles. The molecule has 11 heteroatoms. The summed E-state index contributed by atoms with van der Waals surface area (Å²) in [7, 11) is -9.96. The van der Waals surface area contributed by atoms with Gasteiger partial charge in [0.2, 0.25) is 0 Å². The molecule has 0 aliphatic heterocycles. The summed E-state index contributed by atoms with van der Waals surface area (Å²) in [6.45, 7) is -0.652. The van der Waals surface area contributed by atoms with Gasteiger partial charge in [-0.3, -0.25) is 9.13 Å². The van der Waals surface area contributed by atoms with E-state index in [9.17, 15) is 13.9 Å². The fourth-order valence-electron chi connectivity index (χ4n) is 1.37. The minimum Gasteiger partial charge on any atom is -0.478 e. The van der Waals surface area contributed by atoms with E-state index in [0.717, 1.165) is 0 Å². The van der Waals surface area contributed by atoms with E-state index in [0.29, 0.717) is 0 Å². The minimum atomic E-state index is -4.98. The Morgan fingerprint density at radius 2 is 1.50 bits per heavy atom. The standard InChI is InChI=1S/C9H13NO8P2/c11-9(12)6-1-3-7(4-2-6)10-5-8(19(13,14)15)20(16,17)18/h1-4,8,10H,5H2,(H,11,12)(H2,13,14,15)(H2,16,17,18). The normalized spacial score (nSPS) is 12.4. The van der Waals surface area contributed by atoms with Gasteiger partial charge in [0.1, 0.15) is 0 Å². The minimum absolute atomic E-state index is 0.0112. The lowest BCUT2D eigenvalue weighted by atomic mass is 10.2. The third-order valence-corrected chi connectivity index (χ3v) is 6.12. The average molecular weight is 325 g/mol. The van der Waals surface area contributed by atoms with E-state index in [1.165, 1.54) is 24.3 Å². The molecule has 0 heterocycles. The smallest absolute Gasteiger partial charge is 0.342 e. The highest BCUT2D eigenvalue weighted by atomic mass is 31.2. The molecule has 0 aromatic heterocycles. The van der Waals surface area contributed by atoms with Gasteiger partial charge in [-0.25, -0.2) is 4.79 Å². The first kappa shape index (κ1) is 16.8. The number of benzene rings is 1. The second-order valence-corrected chi connectivity index (χ2v) is 7.93. The van der Waals surface area contributed by atoms with Crippen LogP contribution < -0.4 is 5.32 Å². The first-order valence-electron chi connectivity index (χ1n) is 5.19. The number of aromatic carboxylic acids is 1. The Kier molecular flexibility index (Phi) is 5.10. The van der Waals surface area contributed by atoms with E-state index in [2.05, 4.69) is 5.32 Å². The Labute approximate surface area is 113 Å². The van der Waals surface area contributed by atoms with Gasteiger partial charge in [-0.2, -0.15) is 0 Å².